The zero-order valence-electron chi connectivity index (χ0n) is 21.5. The fourth-order valence-corrected chi connectivity index (χ4v) is 5.19. The van der Waals surface area contributed by atoms with Gasteiger partial charge in [0.2, 0.25) is 0 Å². The summed E-state index contributed by atoms with van der Waals surface area (Å²) in [6.45, 7) is 4.76. The molecule has 0 unspecified atom stereocenters. The lowest BCUT2D eigenvalue weighted by Crippen LogP contribution is -2.35. The van der Waals surface area contributed by atoms with Crippen molar-refractivity contribution >= 4 is 38.1 Å². The molecular weight excluding hydrogens is 492 g/mol. The molecule has 0 bridgehead atoms. The van der Waals surface area contributed by atoms with Gasteiger partial charge in [-0.3, -0.25) is 9.52 Å². The van der Waals surface area contributed by atoms with E-state index in [-0.39, 0.29) is 29.9 Å². The van der Waals surface area contributed by atoms with Crippen LogP contribution in [-0.4, -0.2) is 54.4 Å². The number of terminal acetylenes is 1. The topological polar surface area (TPSA) is 94.2 Å². The van der Waals surface area contributed by atoms with Gasteiger partial charge in [0, 0.05) is 29.6 Å². The van der Waals surface area contributed by atoms with Crippen molar-refractivity contribution in [3.05, 3.63) is 60.2 Å². The Hall–Kier alpha value is -3.74. The summed E-state index contributed by atoms with van der Waals surface area (Å²) < 4.78 is 44.8. The Kier molecular flexibility index (Phi) is 9.39. The molecule has 0 aliphatic heterocycles. The van der Waals surface area contributed by atoms with Crippen LogP contribution in [0.5, 0.6) is 5.75 Å². The van der Waals surface area contributed by atoms with Crippen LogP contribution >= 0.6 is 0 Å². The Morgan fingerprint density at radius 1 is 1.08 bits per heavy atom. The van der Waals surface area contributed by atoms with Gasteiger partial charge in [0.1, 0.15) is 12.4 Å². The molecule has 37 heavy (non-hydrogen) atoms. The minimum atomic E-state index is -3.89. The normalized spacial score (nSPS) is 12.0. The van der Waals surface area contributed by atoms with Crippen LogP contribution in [0, 0.1) is 19.3 Å². The number of methoxy groups -OCH3 is 2. The molecule has 0 aromatic heterocycles. The molecule has 0 saturated carbocycles. The number of fused-ring (bicyclic) bond motifs is 1. The smallest absolute Gasteiger partial charge is 0.307 e. The third-order valence-corrected chi connectivity index (χ3v) is 7.30. The zero-order valence-corrected chi connectivity index (χ0v) is 22.3. The average molecular weight is 525 g/mol. The largest absolute Gasteiger partial charge is 0.491 e. The lowest BCUT2D eigenvalue weighted by Gasteiger charge is -2.30. The monoisotopic (exact) mass is 524 g/mol. The van der Waals surface area contributed by atoms with Crippen LogP contribution in [0.2, 0.25) is 0 Å². The predicted molar refractivity (Wildman–Crippen MR) is 146 cm³/mol. The number of carbonyl (C=O) groups excluding carboxylic acids is 1. The first-order valence-corrected chi connectivity index (χ1v) is 13.2. The fraction of sp³-hybridized carbons (Fsp3) is 0.321. The SMILES string of the molecule is C#CCN(c1ccc(NS(=O)(=O)c2ccc(OCCOC)c(C)c2)c2ccccc12)[C@@H](C)CC(=O)OC. The van der Waals surface area contributed by atoms with Crippen molar-refractivity contribution in [3.8, 4) is 18.1 Å². The maximum absolute atomic E-state index is 13.3. The van der Waals surface area contributed by atoms with Crippen molar-refractivity contribution < 1.29 is 27.4 Å². The van der Waals surface area contributed by atoms with Gasteiger partial charge in [0.15, 0.2) is 0 Å². The lowest BCUT2D eigenvalue weighted by molar-refractivity contribution is -0.140. The Morgan fingerprint density at radius 3 is 2.46 bits per heavy atom. The highest BCUT2D eigenvalue weighted by molar-refractivity contribution is 7.92. The second-order valence-corrected chi connectivity index (χ2v) is 10.2. The number of nitrogens with zero attached hydrogens (tertiary/aromatic N) is 1. The van der Waals surface area contributed by atoms with E-state index < -0.39 is 10.0 Å². The molecule has 0 aliphatic rings. The van der Waals surface area contributed by atoms with E-state index in [1.165, 1.54) is 13.2 Å². The molecule has 0 amide bonds. The number of esters is 1. The molecule has 3 rings (SSSR count). The summed E-state index contributed by atoms with van der Waals surface area (Å²) in [6, 6.07) is 15.5. The number of carbonyl (C=O) groups is 1. The predicted octanol–water partition coefficient (Wildman–Crippen LogP) is 4.37. The summed E-state index contributed by atoms with van der Waals surface area (Å²) in [5.74, 6) is 2.91. The Balaban J connectivity index is 1.95. The van der Waals surface area contributed by atoms with Crippen molar-refractivity contribution in [1.82, 2.24) is 0 Å². The third-order valence-electron chi connectivity index (χ3n) is 5.94. The standard InChI is InChI=1S/C28H32N2O6S/c1-6-15-30(21(3)19-28(31)35-5)26-13-12-25(23-9-7-8-10-24(23)26)29-37(32,33)22-11-14-27(20(2)18-22)36-17-16-34-4/h1,7-14,18,21,29H,15-17,19H2,2-5H3/t21-/m0/s1. The molecule has 0 heterocycles. The molecule has 0 fully saturated rings. The maximum Gasteiger partial charge on any atom is 0.307 e. The Bertz CT molecular complexity index is 1400. The van der Waals surface area contributed by atoms with Crippen LogP contribution in [0.15, 0.2) is 59.5 Å². The van der Waals surface area contributed by atoms with Crippen molar-refractivity contribution in [3.63, 3.8) is 0 Å². The van der Waals surface area contributed by atoms with Gasteiger partial charge in [-0.2, -0.15) is 0 Å². The fourth-order valence-electron chi connectivity index (χ4n) is 4.02. The Morgan fingerprint density at radius 2 is 1.81 bits per heavy atom. The average Bonchev–Trinajstić information content (AvgIpc) is 2.88. The first-order valence-electron chi connectivity index (χ1n) is 11.8. The quantitative estimate of drug-likeness (QED) is 0.214. The van der Waals surface area contributed by atoms with Crippen molar-refractivity contribution in [2.24, 2.45) is 0 Å². The van der Waals surface area contributed by atoms with Gasteiger partial charge < -0.3 is 19.1 Å². The number of hydrogen-bond acceptors (Lipinski definition) is 7. The summed E-state index contributed by atoms with van der Waals surface area (Å²) in [5.41, 5.74) is 1.92. The van der Waals surface area contributed by atoms with E-state index in [0.29, 0.717) is 35.6 Å². The second kappa shape index (κ2) is 12.5. The van der Waals surface area contributed by atoms with Gasteiger partial charge in [-0.25, -0.2) is 8.42 Å². The van der Waals surface area contributed by atoms with E-state index in [0.717, 1.165) is 11.1 Å². The summed E-state index contributed by atoms with van der Waals surface area (Å²) in [4.78, 5) is 13.9. The molecule has 0 aliphatic carbocycles. The molecule has 1 N–H and O–H groups in total. The van der Waals surface area contributed by atoms with E-state index in [1.807, 2.05) is 42.2 Å². The van der Waals surface area contributed by atoms with Gasteiger partial charge in [0.05, 0.1) is 37.3 Å². The first-order chi connectivity index (χ1) is 17.7. The summed E-state index contributed by atoms with van der Waals surface area (Å²) in [7, 11) is -0.951. The van der Waals surface area contributed by atoms with Crippen molar-refractivity contribution in [1.29, 1.82) is 0 Å². The van der Waals surface area contributed by atoms with Gasteiger partial charge in [0.25, 0.3) is 10.0 Å². The number of rotatable bonds is 12. The van der Waals surface area contributed by atoms with Gasteiger partial charge >= 0.3 is 5.97 Å². The van der Waals surface area contributed by atoms with E-state index in [4.69, 9.17) is 20.6 Å². The Labute approximate surface area is 218 Å². The molecule has 1 atom stereocenters. The van der Waals surface area contributed by atoms with Crippen LogP contribution in [0.4, 0.5) is 11.4 Å². The number of sulfonamides is 1. The van der Waals surface area contributed by atoms with Gasteiger partial charge in [-0.05, 0) is 49.7 Å². The third kappa shape index (κ3) is 6.73. The number of anilines is 2. The number of benzene rings is 3. The molecule has 0 saturated heterocycles. The van der Waals surface area contributed by atoms with Gasteiger partial charge in [-0.15, -0.1) is 6.42 Å². The molecule has 0 spiro atoms. The number of aryl methyl sites for hydroxylation is 1. The summed E-state index contributed by atoms with van der Waals surface area (Å²) in [6.07, 6.45) is 5.79. The van der Waals surface area contributed by atoms with Crippen LogP contribution in [0.3, 0.4) is 0 Å². The molecule has 3 aromatic carbocycles. The van der Waals surface area contributed by atoms with Crippen LogP contribution < -0.4 is 14.4 Å². The zero-order chi connectivity index (χ0) is 27.0. The highest BCUT2D eigenvalue weighted by atomic mass is 32.2. The number of nitrogens with one attached hydrogen (secondary N) is 1. The molecule has 8 nitrogen and oxygen atoms in total. The molecule has 0 radical (unpaired) electrons. The molecule has 9 heteroatoms. The highest BCUT2D eigenvalue weighted by Crippen LogP contribution is 2.35. The lowest BCUT2D eigenvalue weighted by atomic mass is 10.0. The van der Waals surface area contributed by atoms with Crippen LogP contribution in [-0.2, 0) is 24.3 Å². The van der Waals surface area contributed by atoms with E-state index >= 15 is 0 Å². The van der Waals surface area contributed by atoms with E-state index in [1.54, 1.807) is 32.2 Å². The van der Waals surface area contributed by atoms with Crippen molar-refractivity contribution in [2.75, 3.05) is 43.6 Å². The minimum absolute atomic E-state index is 0.123. The maximum atomic E-state index is 13.3. The summed E-state index contributed by atoms with van der Waals surface area (Å²) >= 11 is 0. The summed E-state index contributed by atoms with van der Waals surface area (Å²) in [5, 5.41) is 1.50. The van der Waals surface area contributed by atoms with Crippen LogP contribution in [0.1, 0.15) is 18.9 Å². The number of hydrogen-bond donors (Lipinski definition) is 1. The molecule has 196 valence electrons. The number of ether oxygens (including phenoxy) is 3. The second-order valence-electron chi connectivity index (χ2n) is 8.51. The molecular formula is C28H32N2O6S. The van der Waals surface area contributed by atoms with Crippen LogP contribution in [0.25, 0.3) is 10.8 Å². The highest BCUT2D eigenvalue weighted by Gasteiger charge is 2.22. The minimum Gasteiger partial charge on any atom is -0.491 e. The van der Waals surface area contributed by atoms with E-state index in [2.05, 4.69) is 10.6 Å². The first kappa shape index (κ1) is 27.8. The van der Waals surface area contributed by atoms with Crippen molar-refractivity contribution in [2.45, 2.75) is 31.2 Å². The molecule has 3 aromatic rings. The van der Waals surface area contributed by atoms with Gasteiger partial charge in [-0.1, -0.05) is 30.2 Å². The van der Waals surface area contributed by atoms with E-state index in [9.17, 15) is 13.2 Å².